The summed E-state index contributed by atoms with van der Waals surface area (Å²) in [5, 5.41) is 0.807. The van der Waals surface area contributed by atoms with Crippen LogP contribution in [0.4, 0.5) is 18.0 Å². The third kappa shape index (κ3) is 5.82. The number of alkyl halides is 2. The minimum absolute atomic E-state index is 0.0258. The molecule has 0 bridgehead atoms. The third-order valence-electron chi connectivity index (χ3n) is 8.79. The Labute approximate surface area is 263 Å². The predicted octanol–water partition coefficient (Wildman–Crippen LogP) is 7.74. The third-order valence-corrected chi connectivity index (χ3v) is 8.79. The summed E-state index contributed by atoms with van der Waals surface area (Å²) in [6.07, 6.45) is 2.86. The highest BCUT2D eigenvalue weighted by Crippen LogP contribution is 2.37. The lowest BCUT2D eigenvalue weighted by atomic mass is 9.96. The van der Waals surface area contributed by atoms with E-state index < -0.39 is 5.92 Å². The van der Waals surface area contributed by atoms with E-state index in [0.717, 1.165) is 38.8 Å². The molecule has 4 heterocycles. The van der Waals surface area contributed by atoms with Crippen LogP contribution in [0.2, 0.25) is 0 Å². The molecule has 2 aromatic heterocycles. The molecule has 5 aromatic rings. The largest absolute Gasteiger partial charge is 0.459 e. The number of fused-ring (bicyclic) bond motifs is 2. The Morgan fingerprint density at radius 2 is 1.57 bits per heavy atom. The lowest BCUT2D eigenvalue weighted by molar-refractivity contribution is -0.0494. The monoisotopic (exact) mass is 624 g/mol. The second kappa shape index (κ2) is 11.7. The molecule has 7 rings (SSSR count). The van der Waals surface area contributed by atoms with E-state index in [1.54, 1.807) is 53.5 Å². The van der Waals surface area contributed by atoms with Gasteiger partial charge in [0.15, 0.2) is 0 Å². The highest BCUT2D eigenvalue weighted by molar-refractivity contribution is 5.98. The summed E-state index contributed by atoms with van der Waals surface area (Å²) in [6, 6.07) is 20.9. The van der Waals surface area contributed by atoms with Crippen molar-refractivity contribution in [1.82, 2.24) is 19.7 Å². The zero-order valence-corrected chi connectivity index (χ0v) is 25.2. The average Bonchev–Trinajstić information content (AvgIpc) is 3.68. The van der Waals surface area contributed by atoms with Crippen LogP contribution in [0.1, 0.15) is 40.1 Å². The van der Waals surface area contributed by atoms with Gasteiger partial charge >= 0.3 is 6.03 Å². The number of nitrogens with zero attached hydrogens (tertiary/aromatic N) is 4. The SMILES string of the molecule is CN(Cc1cc2cc(-c3ccc(C(=O)N4CCC(F)(F)CC4)cc3)cc(-c3ccc(F)cc3)c2o1)C(=O)N1Cc2ccncc2C1. The number of aromatic nitrogens is 1. The summed E-state index contributed by atoms with van der Waals surface area (Å²) < 4.78 is 47.4. The molecule has 0 spiro atoms. The van der Waals surface area contributed by atoms with E-state index in [1.165, 1.54) is 17.0 Å². The first-order valence-corrected chi connectivity index (χ1v) is 15.2. The average molecular weight is 625 g/mol. The van der Waals surface area contributed by atoms with E-state index in [1.807, 2.05) is 36.4 Å². The van der Waals surface area contributed by atoms with Crippen LogP contribution in [-0.4, -0.2) is 57.7 Å². The van der Waals surface area contributed by atoms with Gasteiger partial charge in [-0.3, -0.25) is 9.78 Å². The highest BCUT2D eigenvalue weighted by atomic mass is 19.3. The Balaban J connectivity index is 1.16. The summed E-state index contributed by atoms with van der Waals surface area (Å²) in [4.78, 5) is 35.3. The molecule has 7 nitrogen and oxygen atoms in total. The van der Waals surface area contributed by atoms with E-state index in [-0.39, 0.29) is 50.2 Å². The zero-order chi connectivity index (χ0) is 32.0. The highest BCUT2D eigenvalue weighted by Gasteiger charge is 2.35. The molecular weight excluding hydrogens is 593 g/mol. The number of carbonyl (C=O) groups excluding carboxylic acids is 2. The Hall–Kier alpha value is -5.12. The number of carbonyl (C=O) groups is 2. The molecule has 1 fully saturated rings. The summed E-state index contributed by atoms with van der Waals surface area (Å²) in [5.41, 5.74) is 6.38. The Morgan fingerprint density at radius 3 is 2.28 bits per heavy atom. The molecule has 0 unspecified atom stereocenters. The number of rotatable bonds is 5. The fourth-order valence-corrected chi connectivity index (χ4v) is 6.22. The Kier molecular flexibility index (Phi) is 7.50. The number of amides is 3. The number of halogens is 3. The molecule has 1 saturated heterocycles. The van der Waals surface area contributed by atoms with E-state index in [4.69, 9.17) is 4.42 Å². The normalized spacial score (nSPS) is 15.7. The Bertz CT molecular complexity index is 1900. The van der Waals surface area contributed by atoms with Crippen molar-refractivity contribution in [3.63, 3.8) is 0 Å². The van der Waals surface area contributed by atoms with E-state index >= 15 is 0 Å². The standard InChI is InChI=1S/C36H31F3N4O3/c1-41(35(45)43-20-26-10-13-40-19-29(26)21-43)22-31-17-28-16-27(18-32(33(28)46-31)24-6-8-30(37)9-7-24)23-2-4-25(5-3-23)34(44)42-14-11-36(38,39)12-15-42/h2-10,13,16-19H,11-12,14-15,20-22H2,1H3. The zero-order valence-electron chi connectivity index (χ0n) is 25.2. The van der Waals surface area contributed by atoms with Crippen LogP contribution in [0.3, 0.4) is 0 Å². The van der Waals surface area contributed by atoms with Crippen molar-refractivity contribution >= 4 is 22.9 Å². The maximum atomic E-state index is 13.8. The van der Waals surface area contributed by atoms with Crippen LogP contribution < -0.4 is 0 Å². The van der Waals surface area contributed by atoms with E-state index in [2.05, 4.69) is 4.98 Å². The van der Waals surface area contributed by atoms with Crippen molar-refractivity contribution in [2.75, 3.05) is 20.1 Å². The van der Waals surface area contributed by atoms with Crippen molar-refractivity contribution in [3.8, 4) is 22.3 Å². The van der Waals surface area contributed by atoms with Crippen LogP contribution in [-0.2, 0) is 19.6 Å². The topological polar surface area (TPSA) is 69.9 Å². The fourth-order valence-electron chi connectivity index (χ4n) is 6.22. The number of hydrogen-bond donors (Lipinski definition) is 0. The lowest BCUT2D eigenvalue weighted by Gasteiger charge is -2.31. The summed E-state index contributed by atoms with van der Waals surface area (Å²) >= 11 is 0. The number of benzene rings is 3. The summed E-state index contributed by atoms with van der Waals surface area (Å²) in [6.45, 7) is 1.33. The van der Waals surface area contributed by atoms with Gasteiger partial charge in [-0.2, -0.15) is 0 Å². The summed E-state index contributed by atoms with van der Waals surface area (Å²) in [7, 11) is 1.74. The molecule has 0 N–H and O–H groups in total. The number of pyridine rings is 1. The molecule has 2 aliphatic heterocycles. The maximum Gasteiger partial charge on any atom is 0.320 e. The first-order valence-electron chi connectivity index (χ1n) is 15.2. The van der Waals surface area contributed by atoms with Gasteiger partial charge in [0.2, 0.25) is 0 Å². The number of urea groups is 1. The lowest BCUT2D eigenvalue weighted by Crippen LogP contribution is -2.42. The number of likely N-dealkylation sites (tertiary alicyclic amines) is 1. The van der Waals surface area contributed by atoms with Crippen molar-refractivity contribution < 1.29 is 27.2 Å². The van der Waals surface area contributed by atoms with Crippen LogP contribution in [0, 0.1) is 5.82 Å². The molecule has 0 saturated carbocycles. The molecule has 10 heteroatoms. The first kappa shape index (κ1) is 29.6. The van der Waals surface area contributed by atoms with Crippen LogP contribution in [0.25, 0.3) is 33.2 Å². The quantitative estimate of drug-likeness (QED) is 0.201. The van der Waals surface area contributed by atoms with Gasteiger partial charge in [0.05, 0.1) is 6.54 Å². The second-order valence-corrected chi connectivity index (χ2v) is 12.0. The Morgan fingerprint density at radius 1 is 0.870 bits per heavy atom. The predicted molar refractivity (Wildman–Crippen MR) is 167 cm³/mol. The van der Waals surface area contributed by atoms with Crippen molar-refractivity contribution in [2.45, 2.75) is 38.4 Å². The molecular formula is C36H31F3N4O3. The molecule has 0 aliphatic carbocycles. The van der Waals surface area contributed by atoms with Gasteiger partial charge in [0.25, 0.3) is 11.8 Å². The fraction of sp³-hybridized carbons (Fsp3) is 0.250. The molecule has 0 radical (unpaired) electrons. The second-order valence-electron chi connectivity index (χ2n) is 12.0. The van der Waals surface area contributed by atoms with Gasteiger partial charge in [-0.15, -0.1) is 0 Å². The number of furan rings is 1. The minimum atomic E-state index is -2.72. The minimum Gasteiger partial charge on any atom is -0.459 e. The van der Waals surface area contributed by atoms with Gasteiger partial charge < -0.3 is 19.1 Å². The molecule has 0 atom stereocenters. The van der Waals surface area contributed by atoms with Gasteiger partial charge in [0, 0.05) is 75.0 Å². The van der Waals surface area contributed by atoms with Crippen LogP contribution in [0.5, 0.6) is 0 Å². The molecule has 2 aliphatic rings. The smallest absolute Gasteiger partial charge is 0.320 e. The van der Waals surface area contributed by atoms with E-state index in [9.17, 15) is 22.8 Å². The molecule has 3 amide bonds. The number of hydrogen-bond acceptors (Lipinski definition) is 4. The molecule has 46 heavy (non-hydrogen) atoms. The summed E-state index contributed by atoms with van der Waals surface area (Å²) in [5.74, 6) is -2.75. The van der Waals surface area contributed by atoms with Gasteiger partial charge in [0.1, 0.15) is 17.2 Å². The van der Waals surface area contributed by atoms with Crippen LogP contribution >= 0.6 is 0 Å². The molecule has 3 aromatic carbocycles. The van der Waals surface area contributed by atoms with Crippen molar-refractivity contribution in [1.29, 1.82) is 0 Å². The first-order chi connectivity index (χ1) is 22.1. The van der Waals surface area contributed by atoms with Gasteiger partial charge in [-0.1, -0.05) is 24.3 Å². The maximum absolute atomic E-state index is 13.8. The van der Waals surface area contributed by atoms with E-state index in [0.29, 0.717) is 30.0 Å². The van der Waals surface area contributed by atoms with Gasteiger partial charge in [-0.25, -0.2) is 18.0 Å². The van der Waals surface area contributed by atoms with Crippen molar-refractivity contribution in [2.24, 2.45) is 0 Å². The van der Waals surface area contributed by atoms with Crippen molar-refractivity contribution in [3.05, 3.63) is 113 Å². The van der Waals surface area contributed by atoms with Gasteiger partial charge in [-0.05, 0) is 76.3 Å². The van der Waals surface area contributed by atoms with Crippen LogP contribution in [0.15, 0.2) is 89.6 Å². The number of piperidine rings is 1. The molecule has 234 valence electrons.